The molecule has 0 aromatic carbocycles. The maximum absolute atomic E-state index is 14.1. The number of hydrogen-bond donors (Lipinski definition) is 4. The molecule has 0 aromatic rings. The maximum Gasteiger partial charge on any atom is 0.287 e. The van der Waals surface area contributed by atoms with E-state index in [0.717, 1.165) is 68.9 Å². The Balaban J connectivity index is 0.00000113. The van der Waals surface area contributed by atoms with E-state index >= 15 is 0 Å². The van der Waals surface area contributed by atoms with Crippen LogP contribution in [-0.2, 0) is 14.4 Å². The van der Waals surface area contributed by atoms with Crippen molar-refractivity contribution in [2.24, 2.45) is 46.2 Å². The third kappa shape index (κ3) is 14.4. The number of nitrogens with one attached hydrogen (secondary N) is 3. The number of likely N-dealkylation sites (tertiary alicyclic amines) is 1. The van der Waals surface area contributed by atoms with Crippen molar-refractivity contribution < 1.29 is 14.4 Å². The average molecular weight is 742 g/mol. The number of nitrogens with two attached hydrogens (primary N) is 1. The zero-order chi connectivity index (χ0) is 40.8. The van der Waals surface area contributed by atoms with Gasteiger partial charge in [-0.05, 0) is 79.4 Å². The van der Waals surface area contributed by atoms with Crippen LogP contribution in [-0.4, -0.2) is 53.2 Å². The second kappa shape index (κ2) is 21.9. The van der Waals surface area contributed by atoms with Crippen molar-refractivity contribution in [3.8, 4) is 0 Å². The molecule has 4 fully saturated rings. The van der Waals surface area contributed by atoms with Gasteiger partial charge in [-0.3, -0.25) is 14.4 Å². The summed E-state index contributed by atoms with van der Waals surface area (Å²) in [6.45, 7) is 41.4. The lowest BCUT2D eigenvalue weighted by molar-refractivity contribution is -0.139. The first-order chi connectivity index (χ1) is 24.7. The molecule has 0 radical (unpaired) electrons. The fraction of sp³-hybridized carbons (Fsp3) is 0.800. The Kier molecular flexibility index (Phi) is 20.0. The molecular formula is C45H83N5O3. The summed E-state index contributed by atoms with van der Waals surface area (Å²) in [5.74, 6) is 1.05. The van der Waals surface area contributed by atoms with E-state index in [-0.39, 0.29) is 34.7 Å². The average Bonchev–Trinajstić information content (AvgIpc) is 3.37. The van der Waals surface area contributed by atoms with Gasteiger partial charge in [0.25, 0.3) is 5.91 Å². The molecule has 1 heterocycles. The van der Waals surface area contributed by atoms with Crippen molar-refractivity contribution in [3.63, 3.8) is 0 Å². The summed E-state index contributed by atoms with van der Waals surface area (Å²) in [6.07, 6.45) is 11.6. The van der Waals surface area contributed by atoms with Crippen LogP contribution in [0.2, 0.25) is 0 Å². The van der Waals surface area contributed by atoms with E-state index < -0.39 is 23.8 Å². The highest BCUT2D eigenvalue weighted by Gasteiger charge is 2.69. The Hall–Kier alpha value is -2.77. The van der Waals surface area contributed by atoms with Gasteiger partial charge in [-0.1, -0.05) is 140 Å². The number of ketones is 1. The lowest BCUT2D eigenvalue weighted by atomic mass is 9.80. The number of carbonyl (C=O) groups excluding carboxylic acids is 3. The number of allylic oxidation sites excluding steroid dienone is 1. The molecule has 306 valence electrons. The SMILES string of the molecule is C=C(C)CC.C=C(NC(C(=C)N1C[C@H]2[C@@H](C1C(=O)NC(CC1CCC1)C(=O)C(N)=O)C2(C)C)C1CCCCC1)NC(CC)C(C)(C)C.CC.CC(C)C. The predicted octanol–water partition coefficient (Wildman–Crippen LogP) is 9.27. The van der Waals surface area contributed by atoms with E-state index in [9.17, 15) is 14.4 Å². The minimum atomic E-state index is -0.981. The molecule has 0 bridgehead atoms. The van der Waals surface area contributed by atoms with Gasteiger partial charge in [0.05, 0.1) is 17.9 Å². The number of primary amides is 1. The summed E-state index contributed by atoms with van der Waals surface area (Å²) >= 11 is 0. The Morgan fingerprint density at radius 1 is 0.887 bits per heavy atom. The molecule has 3 saturated carbocycles. The van der Waals surface area contributed by atoms with Crippen LogP contribution in [0.15, 0.2) is 36.8 Å². The molecular weight excluding hydrogens is 659 g/mol. The molecule has 3 aliphatic carbocycles. The molecule has 8 heteroatoms. The summed E-state index contributed by atoms with van der Waals surface area (Å²) in [5.41, 5.74) is 7.71. The highest BCUT2D eigenvalue weighted by Crippen LogP contribution is 2.65. The van der Waals surface area contributed by atoms with Crippen LogP contribution in [0.3, 0.4) is 0 Å². The molecule has 5 N–H and O–H groups in total. The van der Waals surface area contributed by atoms with Gasteiger partial charge >= 0.3 is 0 Å². The first-order valence-corrected chi connectivity index (χ1v) is 21.1. The lowest BCUT2D eigenvalue weighted by Gasteiger charge is -2.42. The van der Waals surface area contributed by atoms with Crippen molar-refractivity contribution >= 4 is 17.6 Å². The molecule has 4 rings (SSSR count). The van der Waals surface area contributed by atoms with Gasteiger partial charge in [-0.25, -0.2) is 0 Å². The van der Waals surface area contributed by atoms with Gasteiger partial charge in [0.15, 0.2) is 0 Å². The summed E-state index contributed by atoms with van der Waals surface area (Å²) in [6, 6.07) is -1.08. The molecule has 1 saturated heterocycles. The minimum Gasteiger partial charge on any atom is -0.369 e. The number of Topliss-reactive ketones (excluding diaryl/α,β-unsaturated/α-hetero) is 1. The highest BCUT2D eigenvalue weighted by atomic mass is 16.2. The second-order valence-electron chi connectivity index (χ2n) is 18.4. The number of nitrogens with zero attached hydrogens (tertiary/aromatic N) is 1. The number of hydrogen-bond acceptors (Lipinski definition) is 6. The summed E-state index contributed by atoms with van der Waals surface area (Å²) < 4.78 is 0. The summed E-state index contributed by atoms with van der Waals surface area (Å²) in [7, 11) is 0. The smallest absolute Gasteiger partial charge is 0.287 e. The lowest BCUT2D eigenvalue weighted by Crippen LogP contribution is -2.56. The van der Waals surface area contributed by atoms with E-state index in [4.69, 9.17) is 5.73 Å². The van der Waals surface area contributed by atoms with Gasteiger partial charge in [0.2, 0.25) is 11.7 Å². The molecule has 4 aliphatic rings. The molecule has 6 atom stereocenters. The van der Waals surface area contributed by atoms with Gasteiger partial charge in [-0.2, -0.15) is 0 Å². The Labute approximate surface area is 326 Å². The zero-order valence-corrected chi connectivity index (χ0v) is 36.6. The van der Waals surface area contributed by atoms with E-state index in [0.29, 0.717) is 24.2 Å². The number of rotatable bonds is 15. The monoisotopic (exact) mass is 742 g/mol. The van der Waals surface area contributed by atoms with Crippen LogP contribution in [0.25, 0.3) is 0 Å². The van der Waals surface area contributed by atoms with E-state index in [1.165, 1.54) is 24.8 Å². The normalized spacial score (nSPS) is 23.4. The maximum atomic E-state index is 14.1. The third-order valence-corrected chi connectivity index (χ3v) is 11.7. The zero-order valence-electron chi connectivity index (χ0n) is 36.6. The fourth-order valence-corrected chi connectivity index (χ4v) is 8.09. The Morgan fingerprint density at radius 3 is 1.83 bits per heavy atom. The van der Waals surface area contributed by atoms with Crippen LogP contribution < -0.4 is 21.7 Å². The first-order valence-electron chi connectivity index (χ1n) is 21.1. The van der Waals surface area contributed by atoms with Crippen molar-refractivity contribution in [3.05, 3.63) is 36.8 Å². The van der Waals surface area contributed by atoms with Crippen LogP contribution in [0.1, 0.15) is 161 Å². The molecule has 2 amide bonds. The third-order valence-electron chi connectivity index (χ3n) is 11.7. The second-order valence-corrected chi connectivity index (χ2v) is 18.4. The van der Waals surface area contributed by atoms with Crippen molar-refractivity contribution in [1.29, 1.82) is 0 Å². The van der Waals surface area contributed by atoms with Gasteiger partial charge in [-0.15, -0.1) is 6.58 Å². The van der Waals surface area contributed by atoms with Crippen LogP contribution in [0.5, 0.6) is 0 Å². The Bertz CT molecular complexity index is 1200. The van der Waals surface area contributed by atoms with Gasteiger partial charge in [0, 0.05) is 18.3 Å². The van der Waals surface area contributed by atoms with E-state index in [2.05, 4.69) is 110 Å². The van der Waals surface area contributed by atoms with E-state index in [1.807, 2.05) is 20.8 Å². The standard InChI is InChI=1S/C34H57N5O3.C5H10.C4H10.C2H6/c1-9-26(33(4,5)6)36-21(3)37-28(23-16-11-10-12-17-23)20(2)39-19-24-27(34(24,7)8)29(39)32(42)38-25(30(40)31(35)41)18-22-14-13-15-22;1-4-5(2)3;1-4(2)3;1-2/h22-29,36-37H,2-3,9-19H2,1,4-8H3,(H2,35,41)(H,38,42);2,4H2,1,3H3;4H,1-3H3;1-2H3/t24-,25?,26?,27-,28?,29?;;;/m0.../s1. The van der Waals surface area contributed by atoms with Crippen LogP contribution >= 0.6 is 0 Å². The minimum absolute atomic E-state index is 0.0376. The largest absolute Gasteiger partial charge is 0.369 e. The highest BCUT2D eigenvalue weighted by molar-refractivity contribution is 6.37. The van der Waals surface area contributed by atoms with Crippen molar-refractivity contribution in [1.82, 2.24) is 20.9 Å². The number of carbonyl (C=O) groups is 3. The molecule has 0 aromatic heterocycles. The fourth-order valence-electron chi connectivity index (χ4n) is 8.09. The van der Waals surface area contributed by atoms with Crippen molar-refractivity contribution in [2.45, 2.75) is 185 Å². The summed E-state index contributed by atoms with van der Waals surface area (Å²) in [4.78, 5) is 40.9. The first kappa shape index (κ1) is 48.2. The van der Waals surface area contributed by atoms with E-state index in [1.54, 1.807) is 0 Å². The quantitative estimate of drug-likeness (QED) is 0.0983. The predicted molar refractivity (Wildman–Crippen MR) is 225 cm³/mol. The molecule has 53 heavy (non-hydrogen) atoms. The number of piperidine rings is 1. The Morgan fingerprint density at radius 2 is 1.42 bits per heavy atom. The molecule has 0 spiro atoms. The molecule has 8 nitrogen and oxygen atoms in total. The summed E-state index contributed by atoms with van der Waals surface area (Å²) in [5, 5.41) is 10.4. The molecule has 4 unspecified atom stereocenters. The molecule has 1 aliphatic heterocycles. The topological polar surface area (TPSA) is 117 Å². The van der Waals surface area contributed by atoms with Crippen LogP contribution in [0.4, 0.5) is 0 Å². The van der Waals surface area contributed by atoms with Gasteiger partial charge in [0.1, 0.15) is 6.04 Å². The van der Waals surface area contributed by atoms with Gasteiger partial charge < -0.3 is 26.6 Å². The number of fused-ring (bicyclic) bond motifs is 1. The van der Waals surface area contributed by atoms with Crippen LogP contribution in [0, 0.1) is 40.4 Å². The van der Waals surface area contributed by atoms with Crippen molar-refractivity contribution in [2.75, 3.05) is 6.54 Å². The number of amides is 2.